The minimum atomic E-state index is -0.953. The Bertz CT molecular complexity index is 2180. The molecule has 0 aromatic heterocycles. The van der Waals surface area contributed by atoms with Crippen molar-refractivity contribution in [3.63, 3.8) is 0 Å². The van der Waals surface area contributed by atoms with Gasteiger partial charge in [-0.05, 0) is 103 Å². The Morgan fingerprint density at radius 3 is 2.09 bits per heavy atom. The van der Waals surface area contributed by atoms with Gasteiger partial charge in [0.05, 0.1) is 45.6 Å². The molecule has 5 amide bonds. The Morgan fingerprint density at radius 1 is 0.895 bits per heavy atom. The van der Waals surface area contributed by atoms with Crippen LogP contribution in [0.2, 0.25) is 0 Å². The van der Waals surface area contributed by atoms with Crippen LogP contribution < -0.4 is 15.0 Å². The highest BCUT2D eigenvalue weighted by Crippen LogP contribution is 2.55. The molecule has 5 aliphatic rings. The van der Waals surface area contributed by atoms with Crippen molar-refractivity contribution in [2.75, 3.05) is 37.6 Å². The van der Waals surface area contributed by atoms with Gasteiger partial charge >= 0.3 is 0 Å². The van der Waals surface area contributed by atoms with Crippen LogP contribution in [0.15, 0.2) is 54.6 Å². The van der Waals surface area contributed by atoms with Gasteiger partial charge in [-0.25, -0.2) is 3.11 Å². The summed E-state index contributed by atoms with van der Waals surface area (Å²) in [5.41, 5.74) is 5.44. The number of rotatable bonds is 8. The molecular formula is C44H47IN6O6. The van der Waals surface area contributed by atoms with Crippen molar-refractivity contribution in [3.05, 3.63) is 93.5 Å². The number of carbonyl (C=O) groups is 5. The smallest absolute Gasteiger partial charge is 0.262 e. The number of nitriles is 1. The highest BCUT2D eigenvalue weighted by molar-refractivity contribution is 14.1. The summed E-state index contributed by atoms with van der Waals surface area (Å²) in [6.07, 6.45) is 1.79. The van der Waals surface area contributed by atoms with E-state index in [4.69, 9.17) is 4.74 Å². The van der Waals surface area contributed by atoms with E-state index in [9.17, 15) is 29.2 Å². The molecule has 0 radical (unpaired) electrons. The standard InChI is InChI=1S/C44H47IN6O6/c1-25-18-32(11-8-28(25)23-46)57-42-43(2,3)41(44(42,4)5)47-37(53)27-6-9-31(10-7-27)49-16-14-48(15-17-49)24-26-19-29-21-33-34(22-30(29)20-26)39(55)50(38(33)54)35-12-13-36(52)51(45)40(35)56/h6-11,18,21-22,26,35,41-42H,12-17,19-20,24H2,1-5H3,(H,47,53). The highest BCUT2D eigenvalue weighted by atomic mass is 127. The summed E-state index contributed by atoms with van der Waals surface area (Å²) in [6, 6.07) is 18.2. The third-order valence-electron chi connectivity index (χ3n) is 13.0. The van der Waals surface area contributed by atoms with Crippen molar-refractivity contribution in [1.29, 1.82) is 5.26 Å². The molecule has 3 aromatic carbocycles. The Kier molecular flexibility index (Phi) is 9.95. The van der Waals surface area contributed by atoms with Gasteiger partial charge in [-0.2, -0.15) is 5.26 Å². The highest BCUT2D eigenvalue weighted by Gasteiger charge is 2.64. The fourth-order valence-corrected chi connectivity index (χ4v) is 10.8. The zero-order valence-corrected chi connectivity index (χ0v) is 35.1. The molecule has 3 heterocycles. The van der Waals surface area contributed by atoms with Crippen molar-refractivity contribution in [3.8, 4) is 11.8 Å². The number of piperidine rings is 1. The Morgan fingerprint density at radius 2 is 1.51 bits per heavy atom. The van der Waals surface area contributed by atoms with E-state index in [1.54, 1.807) is 28.9 Å². The molecule has 8 rings (SSSR count). The number of amides is 5. The van der Waals surface area contributed by atoms with Crippen molar-refractivity contribution < 1.29 is 28.7 Å². The first kappa shape index (κ1) is 39.0. The molecule has 1 N–H and O–H groups in total. The molecule has 0 bridgehead atoms. The zero-order chi connectivity index (χ0) is 40.6. The molecule has 2 saturated heterocycles. The molecule has 0 spiro atoms. The number of aryl methyl sites for hydroxylation is 1. The molecule has 3 aliphatic heterocycles. The summed E-state index contributed by atoms with van der Waals surface area (Å²) in [6.45, 7) is 14.8. The maximum absolute atomic E-state index is 13.5. The number of hydrogen-bond acceptors (Lipinski definition) is 9. The second-order valence-electron chi connectivity index (χ2n) is 17.5. The van der Waals surface area contributed by atoms with E-state index in [1.165, 1.54) is 0 Å². The first-order chi connectivity index (χ1) is 27.1. The third-order valence-corrected chi connectivity index (χ3v) is 14.0. The average molecular weight is 883 g/mol. The number of imide groups is 2. The lowest BCUT2D eigenvalue weighted by Gasteiger charge is -2.63. The van der Waals surface area contributed by atoms with Crippen LogP contribution >= 0.6 is 22.9 Å². The van der Waals surface area contributed by atoms with E-state index in [1.807, 2.05) is 55.5 Å². The fraction of sp³-hybridized carbons (Fsp3) is 0.455. The monoisotopic (exact) mass is 882 g/mol. The second kappa shape index (κ2) is 14.5. The van der Waals surface area contributed by atoms with Crippen LogP contribution in [0.5, 0.6) is 5.75 Å². The SMILES string of the molecule is Cc1cc(OC2C(C)(C)C(NC(=O)c3ccc(N4CCN(CC5Cc6cc7c(cc6C5)C(=O)N(C5CCC(=O)N(I)C5=O)C7=O)CC4)cc3)C2(C)C)ccc1C#N. The van der Waals surface area contributed by atoms with Gasteiger partial charge < -0.3 is 15.0 Å². The summed E-state index contributed by atoms with van der Waals surface area (Å²) >= 11 is 1.65. The van der Waals surface area contributed by atoms with Crippen molar-refractivity contribution >= 4 is 58.1 Å². The molecule has 3 fully saturated rings. The summed E-state index contributed by atoms with van der Waals surface area (Å²) in [4.78, 5) is 71.1. The van der Waals surface area contributed by atoms with E-state index in [0.717, 1.165) is 81.7 Å². The van der Waals surface area contributed by atoms with Crippen LogP contribution in [0.4, 0.5) is 5.69 Å². The first-order valence-corrected chi connectivity index (χ1v) is 20.7. The molecule has 2 aliphatic carbocycles. The van der Waals surface area contributed by atoms with Gasteiger partial charge in [0.25, 0.3) is 23.6 Å². The second-order valence-corrected chi connectivity index (χ2v) is 18.4. The van der Waals surface area contributed by atoms with E-state index in [-0.39, 0.29) is 47.6 Å². The first-order valence-electron chi connectivity index (χ1n) is 19.7. The lowest BCUT2D eigenvalue weighted by atomic mass is 9.49. The summed E-state index contributed by atoms with van der Waals surface area (Å²) in [5, 5.41) is 12.6. The minimum absolute atomic E-state index is 0.104. The quantitative estimate of drug-likeness (QED) is 0.177. The van der Waals surface area contributed by atoms with E-state index in [2.05, 4.69) is 48.9 Å². The fourth-order valence-electron chi connectivity index (χ4n) is 10.2. The predicted molar refractivity (Wildman–Crippen MR) is 221 cm³/mol. The van der Waals surface area contributed by atoms with Gasteiger partial charge in [0.1, 0.15) is 17.9 Å². The van der Waals surface area contributed by atoms with Gasteiger partial charge in [0.2, 0.25) is 5.91 Å². The number of halogens is 1. The Balaban J connectivity index is 0.823. The normalized spacial score (nSPS) is 24.2. The van der Waals surface area contributed by atoms with Gasteiger partial charge in [0.15, 0.2) is 0 Å². The maximum atomic E-state index is 13.5. The van der Waals surface area contributed by atoms with Crippen LogP contribution in [0, 0.1) is 35.0 Å². The van der Waals surface area contributed by atoms with Gasteiger partial charge in [-0.3, -0.25) is 33.8 Å². The molecule has 57 heavy (non-hydrogen) atoms. The number of nitrogens with zero attached hydrogens (tertiary/aromatic N) is 5. The van der Waals surface area contributed by atoms with Gasteiger partial charge in [0, 0.05) is 67.3 Å². The van der Waals surface area contributed by atoms with E-state index in [0.29, 0.717) is 28.2 Å². The van der Waals surface area contributed by atoms with Gasteiger partial charge in [-0.1, -0.05) is 27.7 Å². The van der Waals surface area contributed by atoms with E-state index < -0.39 is 23.8 Å². The topological polar surface area (TPSA) is 143 Å². The number of carbonyl (C=O) groups excluding carboxylic acids is 5. The molecule has 1 atom stereocenters. The number of benzene rings is 3. The number of piperazine rings is 1. The number of fused-ring (bicyclic) bond motifs is 2. The summed E-state index contributed by atoms with van der Waals surface area (Å²) in [5.74, 6) is -0.753. The number of anilines is 1. The van der Waals surface area contributed by atoms with Crippen LogP contribution in [-0.2, 0) is 22.4 Å². The minimum Gasteiger partial charge on any atom is -0.489 e. The van der Waals surface area contributed by atoms with Crippen LogP contribution in [0.1, 0.15) is 93.9 Å². The lowest BCUT2D eigenvalue weighted by Crippen LogP contribution is -2.74. The lowest BCUT2D eigenvalue weighted by molar-refractivity contribution is -0.164. The molecule has 1 saturated carbocycles. The average Bonchev–Trinajstić information content (AvgIpc) is 3.69. The van der Waals surface area contributed by atoms with Crippen molar-refractivity contribution in [1.82, 2.24) is 18.2 Å². The summed E-state index contributed by atoms with van der Waals surface area (Å²) in [7, 11) is 0. The van der Waals surface area contributed by atoms with Crippen LogP contribution in [0.3, 0.4) is 0 Å². The predicted octanol–water partition coefficient (Wildman–Crippen LogP) is 5.48. The third kappa shape index (κ3) is 6.78. The Hall–Kier alpha value is -4.81. The molecule has 296 valence electrons. The number of ether oxygens (including phenoxy) is 1. The van der Waals surface area contributed by atoms with Crippen LogP contribution in [-0.4, -0.2) is 93.4 Å². The molecule has 13 heteroatoms. The number of hydrogen-bond donors (Lipinski definition) is 1. The van der Waals surface area contributed by atoms with Crippen molar-refractivity contribution in [2.24, 2.45) is 16.7 Å². The van der Waals surface area contributed by atoms with Crippen molar-refractivity contribution in [2.45, 2.75) is 78.5 Å². The van der Waals surface area contributed by atoms with Gasteiger partial charge in [-0.15, -0.1) is 0 Å². The summed E-state index contributed by atoms with van der Waals surface area (Å²) < 4.78 is 7.45. The van der Waals surface area contributed by atoms with E-state index >= 15 is 0 Å². The molecular weight excluding hydrogens is 835 g/mol. The maximum Gasteiger partial charge on any atom is 0.262 e. The molecule has 12 nitrogen and oxygen atoms in total. The largest absolute Gasteiger partial charge is 0.489 e. The zero-order valence-electron chi connectivity index (χ0n) is 32.9. The Labute approximate surface area is 347 Å². The molecule has 1 unspecified atom stereocenters. The number of nitrogens with one attached hydrogen (secondary N) is 1. The van der Waals surface area contributed by atoms with Crippen LogP contribution in [0.25, 0.3) is 0 Å². The molecule has 3 aromatic rings.